The highest BCUT2D eigenvalue weighted by atomic mass is 19.1. The third-order valence-electron chi connectivity index (χ3n) is 3.78. The van der Waals surface area contributed by atoms with Gasteiger partial charge in [0, 0.05) is 12.1 Å². The molecule has 0 unspecified atom stereocenters. The first-order valence-electron chi connectivity index (χ1n) is 7.58. The Morgan fingerprint density at radius 1 is 0.875 bits per heavy atom. The quantitative estimate of drug-likeness (QED) is 0.691. The van der Waals surface area contributed by atoms with Gasteiger partial charge >= 0.3 is 0 Å². The monoisotopic (exact) mass is 325 g/mol. The molecule has 0 saturated heterocycles. The smallest absolute Gasteiger partial charge is 0.141 e. The predicted molar refractivity (Wildman–Crippen MR) is 92.1 cm³/mol. The van der Waals surface area contributed by atoms with E-state index in [4.69, 9.17) is 4.74 Å². The van der Waals surface area contributed by atoms with Crippen molar-refractivity contribution in [3.63, 3.8) is 0 Å². The maximum absolute atomic E-state index is 13.8. The van der Waals surface area contributed by atoms with Gasteiger partial charge in [-0.25, -0.2) is 8.78 Å². The second-order valence-electron chi connectivity index (χ2n) is 5.37. The zero-order valence-electron chi connectivity index (χ0n) is 13.2. The molecule has 0 radical (unpaired) electrons. The van der Waals surface area contributed by atoms with E-state index in [1.54, 1.807) is 7.11 Å². The molecule has 1 N–H and O–H groups in total. The number of hydrogen-bond acceptors (Lipinski definition) is 2. The van der Waals surface area contributed by atoms with Crippen molar-refractivity contribution in [3.8, 4) is 16.9 Å². The molecule has 3 aromatic rings. The van der Waals surface area contributed by atoms with Gasteiger partial charge in [0.2, 0.25) is 0 Å². The molecule has 0 aliphatic carbocycles. The molecule has 0 saturated carbocycles. The second kappa shape index (κ2) is 7.13. The van der Waals surface area contributed by atoms with Gasteiger partial charge in [0.1, 0.15) is 17.4 Å². The Kier molecular flexibility index (Phi) is 4.75. The SMILES string of the molecule is COc1ccc(-c2ccccc2)cc1NCc1cc(F)ccc1F. The lowest BCUT2D eigenvalue weighted by Gasteiger charge is -2.14. The van der Waals surface area contributed by atoms with Gasteiger partial charge < -0.3 is 10.1 Å². The zero-order chi connectivity index (χ0) is 16.9. The van der Waals surface area contributed by atoms with Crippen LogP contribution in [-0.2, 0) is 6.54 Å². The van der Waals surface area contributed by atoms with E-state index in [1.807, 2.05) is 48.5 Å². The number of rotatable bonds is 5. The summed E-state index contributed by atoms with van der Waals surface area (Å²) in [4.78, 5) is 0. The summed E-state index contributed by atoms with van der Waals surface area (Å²) in [5.41, 5.74) is 3.07. The van der Waals surface area contributed by atoms with Crippen LogP contribution in [0.3, 0.4) is 0 Å². The Labute approximate surface area is 139 Å². The summed E-state index contributed by atoms with van der Waals surface area (Å²) in [6.45, 7) is 0.165. The van der Waals surface area contributed by atoms with Gasteiger partial charge in [0.25, 0.3) is 0 Å². The maximum atomic E-state index is 13.8. The molecule has 0 aliphatic rings. The van der Waals surface area contributed by atoms with Crippen LogP contribution in [0, 0.1) is 11.6 Å². The van der Waals surface area contributed by atoms with Crippen molar-refractivity contribution in [2.24, 2.45) is 0 Å². The number of halogens is 2. The van der Waals surface area contributed by atoms with Crippen molar-refractivity contribution >= 4 is 5.69 Å². The van der Waals surface area contributed by atoms with E-state index in [1.165, 1.54) is 6.07 Å². The zero-order valence-corrected chi connectivity index (χ0v) is 13.2. The summed E-state index contributed by atoms with van der Waals surface area (Å²) < 4.78 is 32.4. The molecule has 0 heterocycles. The minimum atomic E-state index is -0.460. The molecule has 24 heavy (non-hydrogen) atoms. The summed E-state index contributed by atoms with van der Waals surface area (Å²) in [6, 6.07) is 19.1. The summed E-state index contributed by atoms with van der Waals surface area (Å²) in [5, 5.41) is 3.13. The molecule has 3 aromatic carbocycles. The van der Waals surface area contributed by atoms with Gasteiger partial charge in [-0.3, -0.25) is 0 Å². The van der Waals surface area contributed by atoms with Crippen molar-refractivity contribution in [3.05, 3.63) is 83.9 Å². The molecular formula is C20H17F2NO. The molecule has 4 heteroatoms. The number of benzene rings is 3. The fourth-order valence-corrected chi connectivity index (χ4v) is 2.53. The number of ether oxygens (including phenoxy) is 1. The van der Waals surface area contributed by atoms with Crippen molar-refractivity contribution in [1.29, 1.82) is 0 Å². The van der Waals surface area contributed by atoms with Gasteiger partial charge in [-0.15, -0.1) is 0 Å². The van der Waals surface area contributed by atoms with E-state index < -0.39 is 11.6 Å². The molecule has 0 spiro atoms. The number of nitrogens with one attached hydrogen (secondary N) is 1. The summed E-state index contributed by atoms with van der Waals surface area (Å²) in [5.74, 6) is -0.258. The highest BCUT2D eigenvalue weighted by molar-refractivity contribution is 5.72. The molecule has 0 fully saturated rings. The molecule has 0 aliphatic heterocycles. The minimum absolute atomic E-state index is 0.165. The topological polar surface area (TPSA) is 21.3 Å². The van der Waals surface area contributed by atoms with E-state index >= 15 is 0 Å². The van der Waals surface area contributed by atoms with Crippen molar-refractivity contribution in [1.82, 2.24) is 0 Å². The van der Waals surface area contributed by atoms with E-state index in [9.17, 15) is 8.78 Å². The number of hydrogen-bond donors (Lipinski definition) is 1. The molecular weight excluding hydrogens is 308 g/mol. The van der Waals surface area contributed by atoms with Crippen molar-refractivity contribution < 1.29 is 13.5 Å². The number of methoxy groups -OCH3 is 1. The Morgan fingerprint density at radius 2 is 1.67 bits per heavy atom. The predicted octanol–water partition coefficient (Wildman–Crippen LogP) is 5.25. The standard InChI is InChI=1S/C20H17F2NO/c1-24-20-10-7-15(14-5-3-2-4-6-14)12-19(20)23-13-16-11-17(21)8-9-18(16)22/h2-12,23H,13H2,1H3. The molecule has 0 bridgehead atoms. The van der Waals surface area contributed by atoms with E-state index in [-0.39, 0.29) is 12.1 Å². The summed E-state index contributed by atoms with van der Waals surface area (Å²) in [7, 11) is 1.57. The minimum Gasteiger partial charge on any atom is -0.495 e. The molecule has 0 atom stereocenters. The Bertz CT molecular complexity index is 834. The first-order chi connectivity index (χ1) is 11.7. The van der Waals surface area contributed by atoms with Crippen LogP contribution in [0.5, 0.6) is 5.75 Å². The van der Waals surface area contributed by atoms with Crippen LogP contribution in [-0.4, -0.2) is 7.11 Å². The Balaban J connectivity index is 1.87. The Hall–Kier alpha value is -2.88. The lowest BCUT2D eigenvalue weighted by atomic mass is 10.0. The van der Waals surface area contributed by atoms with Crippen LogP contribution < -0.4 is 10.1 Å². The van der Waals surface area contributed by atoms with Crippen LogP contribution >= 0.6 is 0 Å². The third-order valence-corrected chi connectivity index (χ3v) is 3.78. The van der Waals surface area contributed by atoms with Crippen LogP contribution in [0.4, 0.5) is 14.5 Å². The molecule has 122 valence electrons. The normalized spacial score (nSPS) is 10.5. The van der Waals surface area contributed by atoms with Gasteiger partial charge in [-0.05, 0) is 41.5 Å². The van der Waals surface area contributed by atoms with Crippen LogP contribution in [0.1, 0.15) is 5.56 Å². The first kappa shape index (κ1) is 16.0. The molecule has 2 nitrogen and oxygen atoms in total. The number of anilines is 1. The first-order valence-corrected chi connectivity index (χ1v) is 7.58. The lowest BCUT2D eigenvalue weighted by Crippen LogP contribution is -2.04. The van der Waals surface area contributed by atoms with Crippen molar-refractivity contribution in [2.45, 2.75) is 6.54 Å². The van der Waals surface area contributed by atoms with Crippen LogP contribution in [0.2, 0.25) is 0 Å². The van der Waals surface area contributed by atoms with Crippen LogP contribution in [0.25, 0.3) is 11.1 Å². The third kappa shape index (κ3) is 3.54. The van der Waals surface area contributed by atoms with E-state index in [2.05, 4.69) is 5.32 Å². The fraction of sp³-hybridized carbons (Fsp3) is 0.100. The van der Waals surface area contributed by atoms with E-state index in [0.717, 1.165) is 28.9 Å². The van der Waals surface area contributed by atoms with Gasteiger partial charge in [-0.2, -0.15) is 0 Å². The average Bonchev–Trinajstić information content (AvgIpc) is 2.63. The lowest BCUT2D eigenvalue weighted by molar-refractivity contribution is 0.416. The van der Waals surface area contributed by atoms with Crippen molar-refractivity contribution in [2.75, 3.05) is 12.4 Å². The Morgan fingerprint density at radius 3 is 2.42 bits per heavy atom. The molecule has 0 aromatic heterocycles. The van der Waals surface area contributed by atoms with Gasteiger partial charge in [0.05, 0.1) is 12.8 Å². The van der Waals surface area contributed by atoms with Gasteiger partial charge in [0.15, 0.2) is 0 Å². The summed E-state index contributed by atoms with van der Waals surface area (Å²) in [6.07, 6.45) is 0. The van der Waals surface area contributed by atoms with Gasteiger partial charge in [-0.1, -0.05) is 36.4 Å². The van der Waals surface area contributed by atoms with Crippen LogP contribution in [0.15, 0.2) is 66.7 Å². The molecule has 3 rings (SSSR count). The highest BCUT2D eigenvalue weighted by Crippen LogP contribution is 2.31. The average molecular weight is 325 g/mol. The maximum Gasteiger partial charge on any atom is 0.141 e. The fourth-order valence-electron chi connectivity index (χ4n) is 2.53. The second-order valence-corrected chi connectivity index (χ2v) is 5.37. The summed E-state index contributed by atoms with van der Waals surface area (Å²) >= 11 is 0. The molecule has 0 amide bonds. The largest absolute Gasteiger partial charge is 0.495 e. The highest BCUT2D eigenvalue weighted by Gasteiger charge is 2.08. The van der Waals surface area contributed by atoms with E-state index in [0.29, 0.717) is 5.75 Å².